The highest BCUT2D eigenvalue weighted by atomic mass is 19.2. The van der Waals surface area contributed by atoms with Gasteiger partial charge in [0.1, 0.15) is 17.3 Å². The van der Waals surface area contributed by atoms with Crippen LogP contribution in [0.1, 0.15) is 18.3 Å². The Balaban J connectivity index is 2.38. The monoisotopic (exact) mass is 288 g/mol. The van der Waals surface area contributed by atoms with Gasteiger partial charge in [0.05, 0.1) is 11.1 Å². The Labute approximate surface area is 120 Å². The highest BCUT2D eigenvalue weighted by Gasteiger charge is 2.19. The molecule has 0 atom stereocenters. The third-order valence-corrected chi connectivity index (χ3v) is 3.47. The number of anilines is 1. The van der Waals surface area contributed by atoms with Gasteiger partial charge in [0.2, 0.25) is 0 Å². The zero-order chi connectivity index (χ0) is 15.1. The van der Waals surface area contributed by atoms with Gasteiger partial charge < -0.3 is 10.7 Å². The van der Waals surface area contributed by atoms with Crippen molar-refractivity contribution < 1.29 is 8.78 Å². The molecule has 6 heteroatoms. The van der Waals surface area contributed by atoms with Gasteiger partial charge in [-0.3, -0.25) is 0 Å². The van der Waals surface area contributed by atoms with E-state index in [1.165, 1.54) is 12.1 Å². The van der Waals surface area contributed by atoms with Crippen LogP contribution in [0.3, 0.4) is 0 Å². The highest BCUT2D eigenvalue weighted by molar-refractivity contribution is 5.95. The fourth-order valence-corrected chi connectivity index (χ4v) is 2.58. The molecular formula is C15H14F2N4. The van der Waals surface area contributed by atoms with E-state index < -0.39 is 11.6 Å². The lowest BCUT2D eigenvalue weighted by molar-refractivity contribution is 0.511. The molecule has 21 heavy (non-hydrogen) atoms. The number of hydrogen-bond acceptors (Lipinski definition) is 3. The molecule has 2 heterocycles. The van der Waals surface area contributed by atoms with Gasteiger partial charge in [0.25, 0.3) is 0 Å². The number of nitrogen functional groups attached to an aromatic ring is 1. The SMILES string of the molecule is CCc1c(-c2cccc(F)c2F)[nH]c2nc(C)nc(N)c12. The van der Waals surface area contributed by atoms with Crippen LogP contribution in [0.15, 0.2) is 18.2 Å². The van der Waals surface area contributed by atoms with Crippen molar-refractivity contribution in [1.82, 2.24) is 15.0 Å². The summed E-state index contributed by atoms with van der Waals surface area (Å²) in [5.41, 5.74) is 7.94. The first-order valence-corrected chi connectivity index (χ1v) is 6.62. The zero-order valence-electron chi connectivity index (χ0n) is 11.7. The number of fused-ring (bicyclic) bond motifs is 1. The van der Waals surface area contributed by atoms with Gasteiger partial charge in [0.15, 0.2) is 11.6 Å². The first kappa shape index (κ1) is 13.5. The summed E-state index contributed by atoms with van der Waals surface area (Å²) >= 11 is 0. The molecular weight excluding hydrogens is 274 g/mol. The molecule has 3 rings (SSSR count). The first-order valence-electron chi connectivity index (χ1n) is 6.62. The van der Waals surface area contributed by atoms with E-state index in [9.17, 15) is 8.78 Å². The maximum atomic E-state index is 14.0. The lowest BCUT2D eigenvalue weighted by Crippen LogP contribution is -1.97. The summed E-state index contributed by atoms with van der Waals surface area (Å²) in [5.74, 6) is -0.908. The molecule has 0 fully saturated rings. The lowest BCUT2D eigenvalue weighted by atomic mass is 10.0. The molecule has 0 unspecified atom stereocenters. The van der Waals surface area contributed by atoms with Crippen LogP contribution < -0.4 is 5.73 Å². The second-order valence-corrected chi connectivity index (χ2v) is 4.81. The fourth-order valence-electron chi connectivity index (χ4n) is 2.58. The van der Waals surface area contributed by atoms with Crippen LogP contribution in [0, 0.1) is 18.6 Å². The summed E-state index contributed by atoms with van der Waals surface area (Å²) in [5, 5.41) is 0.668. The van der Waals surface area contributed by atoms with Crippen molar-refractivity contribution in [2.24, 2.45) is 0 Å². The topological polar surface area (TPSA) is 67.6 Å². The Kier molecular flexibility index (Phi) is 3.08. The van der Waals surface area contributed by atoms with Crippen LogP contribution in [-0.4, -0.2) is 15.0 Å². The van der Waals surface area contributed by atoms with Crippen molar-refractivity contribution in [1.29, 1.82) is 0 Å². The number of nitrogens with two attached hydrogens (primary N) is 1. The van der Waals surface area contributed by atoms with Crippen LogP contribution in [0.5, 0.6) is 0 Å². The largest absolute Gasteiger partial charge is 0.383 e. The van der Waals surface area contributed by atoms with E-state index in [2.05, 4.69) is 15.0 Å². The van der Waals surface area contributed by atoms with E-state index >= 15 is 0 Å². The number of aromatic amines is 1. The van der Waals surface area contributed by atoms with Gasteiger partial charge >= 0.3 is 0 Å². The maximum Gasteiger partial charge on any atom is 0.168 e. The van der Waals surface area contributed by atoms with Crippen molar-refractivity contribution in [3.8, 4) is 11.3 Å². The molecule has 4 nitrogen and oxygen atoms in total. The Morgan fingerprint density at radius 2 is 2.00 bits per heavy atom. The molecule has 0 radical (unpaired) electrons. The number of nitrogens with zero attached hydrogens (tertiary/aromatic N) is 2. The quantitative estimate of drug-likeness (QED) is 0.759. The number of rotatable bonds is 2. The average Bonchev–Trinajstić information content (AvgIpc) is 2.80. The minimum Gasteiger partial charge on any atom is -0.383 e. The van der Waals surface area contributed by atoms with Crippen LogP contribution >= 0.6 is 0 Å². The molecule has 0 aliphatic heterocycles. The maximum absolute atomic E-state index is 14.0. The predicted octanol–water partition coefficient (Wildman–Crippen LogP) is 3.36. The first-order chi connectivity index (χ1) is 10.0. The molecule has 0 aliphatic carbocycles. The summed E-state index contributed by atoms with van der Waals surface area (Å²) in [7, 11) is 0. The molecule has 0 bridgehead atoms. The van der Waals surface area contributed by atoms with Crippen molar-refractivity contribution in [3.05, 3.63) is 41.2 Å². The third-order valence-electron chi connectivity index (χ3n) is 3.47. The number of aryl methyl sites for hydroxylation is 2. The third kappa shape index (κ3) is 2.03. The van der Waals surface area contributed by atoms with Gasteiger partial charge in [-0.05, 0) is 31.0 Å². The standard InChI is InChI=1S/C15H14F2N4/c1-3-8-11-14(18)19-7(2)20-15(11)21-13(8)9-5-4-6-10(16)12(9)17/h4-6H,3H2,1-2H3,(H3,18,19,20,21). The van der Waals surface area contributed by atoms with Crippen LogP contribution in [0.25, 0.3) is 22.3 Å². The van der Waals surface area contributed by atoms with Gasteiger partial charge in [0, 0.05) is 5.56 Å². The average molecular weight is 288 g/mol. The lowest BCUT2D eigenvalue weighted by Gasteiger charge is -2.05. The summed E-state index contributed by atoms with van der Waals surface area (Å²) in [4.78, 5) is 11.5. The predicted molar refractivity (Wildman–Crippen MR) is 77.8 cm³/mol. The van der Waals surface area contributed by atoms with Gasteiger partial charge in [-0.25, -0.2) is 18.7 Å². The van der Waals surface area contributed by atoms with Gasteiger partial charge in [-0.1, -0.05) is 13.0 Å². The zero-order valence-corrected chi connectivity index (χ0v) is 11.7. The molecule has 1 aromatic carbocycles. The Bertz CT molecular complexity index is 839. The van der Waals surface area contributed by atoms with Crippen molar-refractivity contribution >= 4 is 16.9 Å². The molecule has 0 spiro atoms. The Hall–Kier alpha value is -2.50. The van der Waals surface area contributed by atoms with E-state index in [-0.39, 0.29) is 5.56 Å². The second-order valence-electron chi connectivity index (χ2n) is 4.81. The van der Waals surface area contributed by atoms with E-state index in [0.29, 0.717) is 34.8 Å². The van der Waals surface area contributed by atoms with Gasteiger partial charge in [-0.15, -0.1) is 0 Å². The summed E-state index contributed by atoms with van der Waals surface area (Å²) in [6, 6.07) is 4.09. The molecule has 3 N–H and O–H groups in total. The Morgan fingerprint density at radius 3 is 2.71 bits per heavy atom. The highest BCUT2D eigenvalue weighted by Crippen LogP contribution is 2.34. The molecule has 0 amide bonds. The minimum atomic E-state index is -0.887. The summed E-state index contributed by atoms with van der Waals surface area (Å²) in [6.07, 6.45) is 0.599. The van der Waals surface area contributed by atoms with E-state index in [4.69, 9.17) is 5.73 Å². The van der Waals surface area contributed by atoms with Crippen LogP contribution in [0.2, 0.25) is 0 Å². The Morgan fingerprint density at radius 1 is 1.24 bits per heavy atom. The van der Waals surface area contributed by atoms with Crippen LogP contribution in [0.4, 0.5) is 14.6 Å². The smallest absolute Gasteiger partial charge is 0.168 e. The van der Waals surface area contributed by atoms with Crippen molar-refractivity contribution in [3.63, 3.8) is 0 Å². The van der Waals surface area contributed by atoms with E-state index in [1.54, 1.807) is 6.92 Å². The second kappa shape index (κ2) is 4.80. The minimum absolute atomic E-state index is 0.168. The molecule has 3 aromatic rings. The van der Waals surface area contributed by atoms with E-state index in [1.807, 2.05) is 6.92 Å². The molecule has 0 saturated carbocycles. The van der Waals surface area contributed by atoms with E-state index in [0.717, 1.165) is 11.6 Å². The fraction of sp³-hybridized carbons (Fsp3) is 0.200. The van der Waals surface area contributed by atoms with Crippen molar-refractivity contribution in [2.75, 3.05) is 5.73 Å². The van der Waals surface area contributed by atoms with Crippen molar-refractivity contribution in [2.45, 2.75) is 20.3 Å². The number of H-pyrrole nitrogens is 1. The molecule has 0 aliphatic rings. The number of benzene rings is 1. The summed E-state index contributed by atoms with van der Waals surface area (Å²) in [6.45, 7) is 3.65. The summed E-state index contributed by atoms with van der Waals surface area (Å²) < 4.78 is 27.5. The van der Waals surface area contributed by atoms with Crippen LogP contribution in [-0.2, 0) is 6.42 Å². The molecule has 108 valence electrons. The number of nitrogens with one attached hydrogen (secondary N) is 1. The normalized spacial score (nSPS) is 11.2. The van der Waals surface area contributed by atoms with Gasteiger partial charge in [-0.2, -0.15) is 0 Å². The molecule has 0 saturated heterocycles. The number of halogens is 2. The number of hydrogen-bond donors (Lipinski definition) is 2. The number of aromatic nitrogens is 3. The molecule has 2 aromatic heterocycles.